The van der Waals surface area contributed by atoms with Crippen molar-refractivity contribution >= 4 is 11.6 Å². The van der Waals surface area contributed by atoms with Gasteiger partial charge in [0.1, 0.15) is 5.82 Å². The molecule has 1 unspecified atom stereocenters. The second-order valence-electron chi connectivity index (χ2n) is 8.53. The Labute approximate surface area is 206 Å². The number of carbonyl (C=O) groups is 1. The molecule has 2 fully saturated rings. The second-order valence-corrected chi connectivity index (χ2v) is 8.53. The third-order valence-corrected chi connectivity index (χ3v) is 6.59. The minimum absolute atomic E-state index is 0. The average Bonchev–Trinajstić information content (AvgIpc) is 3.30. The number of rotatable bonds is 3. The smallest absolute Gasteiger partial charge is 0.285 e. The minimum Gasteiger partial charge on any atom is -0.314 e. The van der Waals surface area contributed by atoms with Gasteiger partial charge in [0.25, 0.3) is 5.91 Å². The summed E-state index contributed by atoms with van der Waals surface area (Å²) < 4.78 is 14.5. The summed E-state index contributed by atoms with van der Waals surface area (Å²) in [5.74, 6) is 0.0140. The van der Waals surface area contributed by atoms with E-state index in [4.69, 9.17) is 0 Å². The van der Waals surface area contributed by atoms with E-state index in [1.165, 1.54) is 30.5 Å². The molecule has 2 aromatic carbocycles. The van der Waals surface area contributed by atoms with Crippen LogP contribution in [0, 0.1) is 26.6 Å². The van der Waals surface area contributed by atoms with Crippen molar-refractivity contribution in [3.05, 3.63) is 65.0 Å². The fourth-order valence-electron chi connectivity index (χ4n) is 5.07. The van der Waals surface area contributed by atoms with Crippen LogP contribution in [0.5, 0.6) is 0 Å². The van der Waals surface area contributed by atoms with Crippen LogP contribution in [0.15, 0.2) is 42.5 Å². The Morgan fingerprint density at radius 3 is 2.07 bits per heavy atom. The third kappa shape index (κ3) is 5.38. The van der Waals surface area contributed by atoms with Crippen LogP contribution in [-0.4, -0.2) is 42.6 Å². The zero-order valence-electron chi connectivity index (χ0n) is 18.8. The number of benzene rings is 2. The van der Waals surface area contributed by atoms with Crippen molar-refractivity contribution in [3.8, 4) is 0 Å². The average molecular weight is 486 g/mol. The molecular weight excluding hydrogens is 452 g/mol. The molecule has 0 aliphatic carbocycles. The molecule has 0 bridgehead atoms. The summed E-state index contributed by atoms with van der Waals surface area (Å²) in [6.45, 7) is 12.1. The molecule has 2 aliphatic heterocycles. The Bertz CT molecular complexity index is 826. The molecule has 2 aromatic rings. The first-order chi connectivity index (χ1) is 13.9. The number of amides is 1. The van der Waals surface area contributed by atoms with Crippen LogP contribution in [-0.2, 0) is 37.5 Å². The summed E-state index contributed by atoms with van der Waals surface area (Å²) in [6, 6.07) is 13.4. The van der Waals surface area contributed by atoms with Gasteiger partial charge in [0.15, 0.2) is 6.04 Å². The first-order valence-electron chi connectivity index (χ1n) is 10.8. The molecule has 5 heteroatoms. The maximum absolute atomic E-state index is 13.5. The number of halogens is 1. The van der Waals surface area contributed by atoms with Crippen LogP contribution in [0.4, 0.5) is 10.1 Å². The Morgan fingerprint density at radius 2 is 1.60 bits per heavy atom. The molecule has 0 spiro atoms. The molecule has 3 nitrogen and oxygen atoms in total. The van der Waals surface area contributed by atoms with Crippen molar-refractivity contribution in [1.82, 2.24) is 0 Å². The van der Waals surface area contributed by atoms with E-state index in [1.54, 1.807) is 0 Å². The molecule has 0 aromatic heterocycles. The van der Waals surface area contributed by atoms with Gasteiger partial charge in [0.2, 0.25) is 0 Å². The van der Waals surface area contributed by atoms with E-state index in [-0.39, 0.29) is 50.5 Å². The monoisotopic (exact) mass is 486 g/mol. The number of hydrogen-bond donors (Lipinski definition) is 0. The number of anilines is 1. The number of quaternary nitrogens is 1. The van der Waals surface area contributed by atoms with Crippen molar-refractivity contribution in [1.29, 1.82) is 0 Å². The van der Waals surface area contributed by atoms with Crippen LogP contribution in [0.2, 0.25) is 0 Å². The van der Waals surface area contributed by atoms with Crippen molar-refractivity contribution in [3.63, 3.8) is 0 Å². The largest absolute Gasteiger partial charge is 0.314 e. The molecule has 2 aliphatic rings. The Kier molecular flexibility index (Phi) is 9.20. The zero-order chi connectivity index (χ0) is 21.0. The number of likely N-dealkylation sites (tertiary alicyclic amines) is 1. The molecule has 30 heavy (non-hydrogen) atoms. The van der Waals surface area contributed by atoms with Gasteiger partial charge < -0.3 is 9.38 Å². The normalized spacial score (nSPS) is 19.8. The first kappa shape index (κ1) is 25.2. The van der Waals surface area contributed by atoms with Crippen LogP contribution < -0.4 is 4.90 Å². The standard InChI is InChI=1S/C18H26FN2O.C7H8.Y/c1-4-21(9-5-6-10-21)16-7-8-20(18(16)22)17-13(2)11-15(19)12-14(17)3;1-7-5-3-2-4-6-7;/h11-12,16H,4-10H2,1-3H3;2-6H,1H3;/q+1;;. The van der Waals surface area contributed by atoms with Gasteiger partial charge in [0, 0.05) is 64.2 Å². The van der Waals surface area contributed by atoms with Gasteiger partial charge >= 0.3 is 0 Å². The van der Waals surface area contributed by atoms with Crippen LogP contribution in [0.1, 0.15) is 42.9 Å². The Hall–Kier alpha value is -1.10. The summed E-state index contributed by atoms with van der Waals surface area (Å²) in [7, 11) is 0. The molecule has 2 heterocycles. The zero-order valence-corrected chi connectivity index (χ0v) is 21.7. The minimum atomic E-state index is -0.224. The predicted octanol–water partition coefficient (Wildman–Crippen LogP) is 5.17. The van der Waals surface area contributed by atoms with Gasteiger partial charge in [-0.05, 0) is 51.0 Å². The van der Waals surface area contributed by atoms with Gasteiger partial charge in [-0.3, -0.25) is 4.79 Å². The van der Waals surface area contributed by atoms with Gasteiger partial charge in [0.05, 0.1) is 19.6 Å². The van der Waals surface area contributed by atoms with Gasteiger partial charge in [-0.15, -0.1) is 0 Å². The van der Waals surface area contributed by atoms with Gasteiger partial charge in [-0.2, -0.15) is 0 Å². The molecule has 4 rings (SSSR count). The third-order valence-electron chi connectivity index (χ3n) is 6.59. The van der Waals surface area contributed by atoms with Gasteiger partial charge in [-0.25, -0.2) is 4.39 Å². The Balaban J connectivity index is 0.000000341. The molecular formula is C25H34FN2OY+. The number of nitrogens with zero attached hydrogens (tertiary/aromatic N) is 2. The van der Waals surface area contributed by atoms with E-state index in [0.29, 0.717) is 0 Å². The number of likely N-dealkylation sites (N-methyl/N-ethyl adjacent to an activating group) is 1. The molecule has 0 N–H and O–H groups in total. The van der Waals surface area contributed by atoms with E-state index >= 15 is 0 Å². The van der Waals surface area contributed by atoms with Crippen molar-refractivity contribution in [2.75, 3.05) is 31.1 Å². The quantitative estimate of drug-likeness (QED) is 0.549. The van der Waals surface area contributed by atoms with Crippen LogP contribution >= 0.6 is 0 Å². The molecule has 1 amide bonds. The number of aryl methyl sites for hydroxylation is 3. The fourth-order valence-corrected chi connectivity index (χ4v) is 5.07. The maximum atomic E-state index is 13.5. The molecule has 1 radical (unpaired) electrons. The summed E-state index contributed by atoms with van der Waals surface area (Å²) >= 11 is 0. The van der Waals surface area contributed by atoms with Crippen molar-refractivity contribution in [2.45, 2.75) is 53.0 Å². The Morgan fingerprint density at radius 1 is 1.03 bits per heavy atom. The molecule has 1 atom stereocenters. The fraction of sp³-hybridized carbons (Fsp3) is 0.480. The predicted molar refractivity (Wildman–Crippen MR) is 118 cm³/mol. The van der Waals surface area contributed by atoms with E-state index in [9.17, 15) is 9.18 Å². The number of hydrogen-bond acceptors (Lipinski definition) is 1. The van der Waals surface area contributed by atoms with Gasteiger partial charge in [-0.1, -0.05) is 35.9 Å². The van der Waals surface area contributed by atoms with Crippen molar-refractivity contribution < 1.29 is 46.4 Å². The van der Waals surface area contributed by atoms with Crippen LogP contribution in [0.3, 0.4) is 0 Å². The van der Waals surface area contributed by atoms with E-state index in [2.05, 4.69) is 26.0 Å². The molecule has 159 valence electrons. The SMILES string of the molecule is CC[N+]1(C2CCN(c3c(C)cc(F)cc3C)C2=O)CCCC1.Cc1ccccc1.[Y]. The van der Waals surface area contributed by atoms with E-state index < -0.39 is 0 Å². The topological polar surface area (TPSA) is 20.3 Å². The first-order valence-corrected chi connectivity index (χ1v) is 10.8. The van der Waals surface area contributed by atoms with Crippen LogP contribution in [0.25, 0.3) is 0 Å². The summed E-state index contributed by atoms with van der Waals surface area (Å²) in [5, 5.41) is 0. The van der Waals surface area contributed by atoms with E-state index in [0.717, 1.165) is 53.9 Å². The maximum Gasteiger partial charge on any atom is 0.285 e. The molecule has 0 saturated carbocycles. The van der Waals surface area contributed by atoms with E-state index in [1.807, 2.05) is 36.9 Å². The van der Waals surface area contributed by atoms with Crippen molar-refractivity contribution in [2.24, 2.45) is 0 Å². The number of carbonyl (C=O) groups excluding carboxylic acids is 1. The summed E-state index contributed by atoms with van der Waals surface area (Å²) in [4.78, 5) is 15.0. The summed E-state index contributed by atoms with van der Waals surface area (Å²) in [5.41, 5.74) is 3.96. The molecule has 2 saturated heterocycles. The second kappa shape index (κ2) is 11.0. The summed E-state index contributed by atoms with van der Waals surface area (Å²) in [6.07, 6.45) is 3.38.